The van der Waals surface area contributed by atoms with Gasteiger partial charge in [-0.05, 0) is 117 Å². The minimum atomic E-state index is -1.03. The highest BCUT2D eigenvalue weighted by Gasteiger charge is 2.39. The molecule has 0 saturated carbocycles. The van der Waals surface area contributed by atoms with Gasteiger partial charge in [0.25, 0.3) is 11.5 Å². The maximum atomic E-state index is 15.1. The zero-order valence-corrected chi connectivity index (χ0v) is 36.1. The summed E-state index contributed by atoms with van der Waals surface area (Å²) in [5.74, 6) is -1.12. The molecule has 5 aromatic rings. The molecule has 0 bridgehead atoms. The summed E-state index contributed by atoms with van der Waals surface area (Å²) >= 11 is 0. The number of nitriles is 1. The van der Waals surface area contributed by atoms with Crippen LogP contribution < -0.4 is 30.3 Å². The van der Waals surface area contributed by atoms with Crippen molar-refractivity contribution < 1.29 is 27.9 Å². The van der Waals surface area contributed by atoms with Crippen molar-refractivity contribution in [1.82, 2.24) is 24.7 Å². The van der Waals surface area contributed by atoms with Crippen molar-refractivity contribution in [1.29, 1.82) is 5.26 Å². The SMILES string of the molecule is C[C@H]1CN(CC2CCN(c3ccc4c(c3)CN([C@H]3CCC(=O)NC3=O)C4=O)CC2)CCN1c1ccc(-n2cnc3ccc(Oc4c(F)ccc(N5CC[C@@H](F)C5)c4C#N)cc3c2=O)cc1. The van der Waals surface area contributed by atoms with E-state index in [0.717, 1.165) is 69.0 Å². The molecule has 65 heavy (non-hydrogen) atoms. The van der Waals surface area contributed by atoms with Crippen LogP contribution in [-0.4, -0.2) is 108 Å². The lowest BCUT2D eigenvalue weighted by atomic mass is 9.94. The number of nitrogens with one attached hydrogen (secondary N) is 1. The van der Waals surface area contributed by atoms with Gasteiger partial charge in [0.1, 0.15) is 35.9 Å². The monoisotopic (exact) mass is 881 g/mol. The standard InChI is InChI=1S/C49H49F2N9O5/c1-30-25-55(26-31-14-17-56(18-15-31)36-6-8-38-32(22-36)27-59(48(38)63)44-12-13-45(61)54-47(44)62)20-21-58(30)34-2-4-35(5-3-34)60-29-53-42-10-7-37(23-39(42)49(60)64)65-46-40(24-52)43(11-9-41(46)51)57-19-16-33(50)28-57/h2-11,22-23,29-31,33,44H,12-21,25-28H2,1H3,(H,54,61,62)/t30-,33+,44-/m0/s1. The third-order valence-electron chi connectivity index (χ3n) is 13.8. The Morgan fingerprint density at radius 2 is 1.60 bits per heavy atom. The fraction of sp³-hybridized carbons (Fsp3) is 0.388. The molecule has 4 saturated heterocycles. The van der Waals surface area contributed by atoms with Gasteiger partial charge in [-0.2, -0.15) is 5.26 Å². The molecule has 0 radical (unpaired) electrons. The Hall–Kier alpha value is -6.86. The van der Waals surface area contributed by atoms with E-state index in [1.54, 1.807) is 21.9 Å². The Labute approximate surface area is 374 Å². The predicted molar refractivity (Wildman–Crippen MR) is 241 cm³/mol. The zero-order valence-electron chi connectivity index (χ0n) is 36.1. The van der Waals surface area contributed by atoms with Crippen LogP contribution in [-0.2, 0) is 16.1 Å². The number of ether oxygens (including phenoxy) is 1. The Balaban J connectivity index is 0.744. The fourth-order valence-corrected chi connectivity index (χ4v) is 10.3. The molecule has 1 N–H and O–H groups in total. The van der Waals surface area contributed by atoms with Gasteiger partial charge in [0.15, 0.2) is 11.6 Å². The lowest BCUT2D eigenvalue weighted by molar-refractivity contribution is -0.136. The van der Waals surface area contributed by atoms with Crippen LogP contribution in [0, 0.1) is 23.1 Å². The van der Waals surface area contributed by atoms with Gasteiger partial charge in [0, 0.05) is 88.3 Å². The van der Waals surface area contributed by atoms with Gasteiger partial charge >= 0.3 is 0 Å². The first-order valence-electron chi connectivity index (χ1n) is 22.4. The smallest absolute Gasteiger partial charge is 0.265 e. The Kier molecular flexibility index (Phi) is 11.2. The molecule has 10 rings (SSSR count). The number of piperazine rings is 1. The second-order valence-electron chi connectivity index (χ2n) is 17.9. The zero-order chi connectivity index (χ0) is 44.9. The Morgan fingerprint density at radius 1 is 0.831 bits per heavy atom. The number of carbonyl (C=O) groups is 3. The number of amides is 3. The first kappa shape index (κ1) is 42.1. The molecular formula is C49H49F2N9O5. The van der Waals surface area contributed by atoms with E-state index in [4.69, 9.17) is 4.74 Å². The Morgan fingerprint density at radius 3 is 2.34 bits per heavy atom. The van der Waals surface area contributed by atoms with E-state index in [1.165, 1.54) is 29.1 Å². The van der Waals surface area contributed by atoms with Crippen molar-refractivity contribution in [2.75, 3.05) is 67.1 Å². The van der Waals surface area contributed by atoms with Crippen LogP contribution in [0.25, 0.3) is 16.6 Å². The van der Waals surface area contributed by atoms with Crippen LogP contribution in [0.2, 0.25) is 0 Å². The maximum absolute atomic E-state index is 15.1. The number of benzene rings is 4. The summed E-state index contributed by atoms with van der Waals surface area (Å²) in [6.07, 6.45) is 3.52. The van der Waals surface area contributed by atoms with E-state index >= 15 is 4.39 Å². The first-order valence-corrected chi connectivity index (χ1v) is 22.4. The lowest BCUT2D eigenvalue weighted by Gasteiger charge is -2.43. The van der Waals surface area contributed by atoms with Crippen LogP contribution >= 0.6 is 0 Å². The van der Waals surface area contributed by atoms with Crippen molar-refractivity contribution >= 4 is 45.7 Å². The summed E-state index contributed by atoms with van der Waals surface area (Å²) in [5, 5.41) is 12.6. The summed E-state index contributed by atoms with van der Waals surface area (Å²) in [4.78, 5) is 66.4. The number of hydrogen-bond acceptors (Lipinski definition) is 11. The highest BCUT2D eigenvalue weighted by Crippen LogP contribution is 2.37. The van der Waals surface area contributed by atoms with Crippen LogP contribution in [0.3, 0.4) is 0 Å². The van der Waals surface area contributed by atoms with Gasteiger partial charge < -0.3 is 24.3 Å². The number of alkyl halides is 1. The number of hydrogen-bond donors (Lipinski definition) is 1. The quantitative estimate of drug-likeness (QED) is 0.176. The van der Waals surface area contributed by atoms with Gasteiger partial charge in [-0.15, -0.1) is 0 Å². The van der Waals surface area contributed by atoms with Crippen molar-refractivity contribution in [2.24, 2.45) is 5.92 Å². The second-order valence-corrected chi connectivity index (χ2v) is 17.9. The fourth-order valence-electron chi connectivity index (χ4n) is 10.3. The summed E-state index contributed by atoms with van der Waals surface area (Å²) in [5.41, 5.74) is 4.84. The number of imide groups is 1. The number of rotatable bonds is 9. The average molecular weight is 882 g/mol. The number of anilines is 3. The van der Waals surface area contributed by atoms with Crippen LogP contribution in [0.15, 0.2) is 83.9 Å². The van der Waals surface area contributed by atoms with Gasteiger partial charge in [0.05, 0.1) is 22.3 Å². The van der Waals surface area contributed by atoms with E-state index < -0.39 is 23.9 Å². The third-order valence-corrected chi connectivity index (χ3v) is 13.8. The second kappa shape index (κ2) is 17.3. The molecule has 0 spiro atoms. The van der Waals surface area contributed by atoms with Gasteiger partial charge in [-0.3, -0.25) is 34.0 Å². The summed E-state index contributed by atoms with van der Waals surface area (Å²) in [6, 6.07) is 22.9. The molecule has 0 aliphatic carbocycles. The molecule has 6 heterocycles. The molecule has 4 aromatic carbocycles. The van der Waals surface area contributed by atoms with E-state index in [1.807, 2.05) is 42.5 Å². The largest absolute Gasteiger partial charge is 0.453 e. The van der Waals surface area contributed by atoms with Gasteiger partial charge in [-0.1, -0.05) is 0 Å². The topological polar surface area (TPSA) is 147 Å². The van der Waals surface area contributed by atoms with Crippen molar-refractivity contribution in [3.8, 4) is 23.3 Å². The maximum Gasteiger partial charge on any atom is 0.265 e. The number of piperidine rings is 2. The normalized spacial score (nSPS) is 21.8. The number of halogens is 2. The molecule has 5 aliphatic heterocycles. The summed E-state index contributed by atoms with van der Waals surface area (Å²) in [6.45, 7) is 8.78. The molecule has 1 aromatic heterocycles. The molecule has 5 aliphatic rings. The molecule has 4 fully saturated rings. The van der Waals surface area contributed by atoms with Crippen LogP contribution in [0.5, 0.6) is 11.5 Å². The molecule has 0 unspecified atom stereocenters. The number of fused-ring (bicyclic) bond motifs is 2. The molecule has 3 atom stereocenters. The summed E-state index contributed by atoms with van der Waals surface area (Å²) < 4.78 is 36.5. The first-order chi connectivity index (χ1) is 31.5. The minimum absolute atomic E-state index is 0.0338. The van der Waals surface area contributed by atoms with Crippen molar-refractivity contribution in [3.63, 3.8) is 0 Å². The van der Waals surface area contributed by atoms with E-state index in [2.05, 4.69) is 38.0 Å². The number of nitrogens with zero attached hydrogens (tertiary/aromatic N) is 8. The van der Waals surface area contributed by atoms with Gasteiger partial charge in [-0.25, -0.2) is 13.8 Å². The highest BCUT2D eigenvalue weighted by atomic mass is 19.1. The van der Waals surface area contributed by atoms with E-state index in [-0.39, 0.29) is 58.8 Å². The van der Waals surface area contributed by atoms with Crippen molar-refractivity contribution in [3.05, 3.63) is 112 Å². The molecular weight excluding hydrogens is 833 g/mol. The number of aromatic nitrogens is 2. The van der Waals surface area contributed by atoms with E-state index in [9.17, 15) is 28.8 Å². The number of carbonyl (C=O) groups excluding carboxylic acids is 3. The van der Waals surface area contributed by atoms with E-state index in [0.29, 0.717) is 54.3 Å². The van der Waals surface area contributed by atoms with Crippen LogP contribution in [0.4, 0.5) is 25.8 Å². The molecule has 14 nitrogen and oxygen atoms in total. The molecule has 334 valence electrons. The highest BCUT2D eigenvalue weighted by molar-refractivity contribution is 6.05. The Bertz CT molecular complexity index is 2800. The van der Waals surface area contributed by atoms with Crippen LogP contribution in [0.1, 0.15) is 60.5 Å². The molecule has 3 amide bonds. The molecule has 16 heteroatoms. The predicted octanol–water partition coefficient (Wildman–Crippen LogP) is 5.93. The third kappa shape index (κ3) is 8.13. The van der Waals surface area contributed by atoms with Gasteiger partial charge in [0.2, 0.25) is 11.8 Å². The lowest BCUT2D eigenvalue weighted by Crippen LogP contribution is -2.53. The summed E-state index contributed by atoms with van der Waals surface area (Å²) in [7, 11) is 0. The van der Waals surface area contributed by atoms with Crippen molar-refractivity contribution in [2.45, 2.75) is 63.8 Å². The minimum Gasteiger partial charge on any atom is -0.453 e. The average Bonchev–Trinajstić information content (AvgIpc) is 3.89.